The first-order valence-corrected chi connectivity index (χ1v) is 8.09. The molecule has 0 unspecified atom stereocenters. The van der Waals surface area contributed by atoms with Gasteiger partial charge in [0.05, 0.1) is 0 Å². The Labute approximate surface area is 85.5 Å². The molecule has 50 valence electrons. The third kappa shape index (κ3) is 2.59. The Bertz CT molecular complexity index is 219. The van der Waals surface area contributed by atoms with Gasteiger partial charge in [0.2, 0.25) is 0 Å². The largest absolute Gasteiger partial charge is 0.506 e. The second-order valence-corrected chi connectivity index (χ2v) is 5.55. The lowest BCUT2D eigenvalue weighted by molar-refractivity contribution is 1.76. The van der Waals surface area contributed by atoms with Gasteiger partial charge in [-0.2, -0.15) is 0 Å². The van der Waals surface area contributed by atoms with E-state index in [2.05, 4.69) is 12.9 Å². The molecule has 1 aromatic carbocycles. The lowest BCUT2D eigenvalue weighted by atomic mass is 10.4. The van der Waals surface area contributed by atoms with E-state index in [0.717, 1.165) is 10.0 Å². The van der Waals surface area contributed by atoms with E-state index in [9.17, 15) is 0 Å². The molecule has 1 aromatic rings. The van der Waals surface area contributed by atoms with E-state index in [4.69, 9.17) is 23.2 Å². The first kappa shape index (κ1) is 9.14. The Hall–Kier alpha value is 1.05. The summed E-state index contributed by atoms with van der Waals surface area (Å²) in [6.45, 7) is 0. The van der Waals surface area contributed by atoms with Crippen molar-refractivity contribution >= 4 is 58.0 Å². The van der Waals surface area contributed by atoms with Crippen molar-refractivity contribution in [2.24, 2.45) is 0 Å². The molecule has 0 heterocycles. The zero-order valence-electron chi connectivity index (χ0n) is 5.07. The molecule has 0 N–H and O–H groups in total. The fourth-order valence-corrected chi connectivity index (χ4v) is 3.08. The monoisotopic (exact) mass is 248 g/mol. The Morgan fingerprint density at radius 2 is 1.60 bits per heavy atom. The quantitative estimate of drug-likeness (QED) is 0.672. The first-order valence-electron chi connectivity index (χ1n) is 2.73. The van der Waals surface area contributed by atoms with Crippen molar-refractivity contribution in [1.29, 1.82) is 0 Å². The number of hydrogen-bond acceptors (Lipinski definition) is 0. The molecule has 0 atom stereocenters. The van der Waals surface area contributed by atoms with Gasteiger partial charge >= 0.3 is 18.2 Å². The maximum Gasteiger partial charge on any atom is 0.506 e. The van der Waals surface area contributed by atoms with Crippen LogP contribution in [-0.2, 0) is 0 Å². The Morgan fingerprint density at radius 3 is 2.00 bits per heavy atom. The fourth-order valence-electron chi connectivity index (χ4n) is 0.688. The van der Waals surface area contributed by atoms with Crippen molar-refractivity contribution in [2.75, 3.05) is 0 Å². The van der Waals surface area contributed by atoms with Gasteiger partial charge in [0.15, 0.2) is 0 Å². The van der Waals surface area contributed by atoms with Gasteiger partial charge in [-0.25, -0.2) is 0 Å². The lowest BCUT2D eigenvalue weighted by Gasteiger charge is -1.96. The summed E-state index contributed by atoms with van der Waals surface area (Å²) in [7, 11) is 0. The molecule has 0 saturated heterocycles. The van der Waals surface area contributed by atoms with Gasteiger partial charge in [0.1, 0.15) is 0 Å². The molecule has 0 saturated carbocycles. The van der Waals surface area contributed by atoms with Gasteiger partial charge in [0, 0.05) is 10.0 Å². The molecule has 10 heavy (non-hydrogen) atoms. The topological polar surface area (TPSA) is 0 Å². The molecular weight excluding hydrogens is 247 g/mol. The molecule has 0 nitrogen and oxygen atoms in total. The predicted octanol–water partition coefficient (Wildman–Crippen LogP) is 2.63. The molecule has 0 aliphatic rings. The Morgan fingerprint density at radius 1 is 1.10 bits per heavy atom. The van der Waals surface area contributed by atoms with Gasteiger partial charge < -0.3 is 0 Å². The highest BCUT2D eigenvalue weighted by molar-refractivity contribution is 9.23. The summed E-state index contributed by atoms with van der Waals surface area (Å²) in [6.07, 6.45) is 0. The standard InChI is InChI=1S/C6H3Cl2.BrH.Mg/c7-5-2-1-3-6(8)4-5;;/h2-4H;1H;/q;;+1/p-1. The van der Waals surface area contributed by atoms with Crippen LogP contribution in [0.3, 0.4) is 0 Å². The van der Waals surface area contributed by atoms with Crippen molar-refractivity contribution in [3.05, 3.63) is 28.2 Å². The second-order valence-electron chi connectivity index (χ2n) is 1.91. The fraction of sp³-hybridized carbons (Fsp3) is 0. The Balaban J connectivity index is 3.06. The van der Waals surface area contributed by atoms with Gasteiger partial charge in [0.25, 0.3) is 0 Å². The molecule has 0 aliphatic carbocycles. The molecular formula is C6H3BrCl2Mg. The van der Waals surface area contributed by atoms with E-state index < -0.39 is 0 Å². The van der Waals surface area contributed by atoms with E-state index >= 15 is 0 Å². The maximum atomic E-state index is 5.75. The maximum absolute atomic E-state index is 5.75. The molecule has 0 aromatic heterocycles. The third-order valence-corrected chi connectivity index (χ3v) is 4.17. The minimum atomic E-state index is -0.308. The highest BCUT2D eigenvalue weighted by Crippen LogP contribution is 2.13. The SMILES string of the molecule is Clc1cc(Cl)c[c]([Mg][Br])c1. The van der Waals surface area contributed by atoms with Crippen molar-refractivity contribution < 1.29 is 0 Å². The summed E-state index contributed by atoms with van der Waals surface area (Å²) >= 11 is 14.6. The van der Waals surface area contributed by atoms with Crippen molar-refractivity contribution in [2.45, 2.75) is 0 Å². The van der Waals surface area contributed by atoms with Gasteiger partial charge in [-0.3, -0.25) is 12.9 Å². The predicted molar refractivity (Wildman–Crippen MR) is 50.8 cm³/mol. The van der Waals surface area contributed by atoms with Crippen LogP contribution in [0.4, 0.5) is 0 Å². The van der Waals surface area contributed by atoms with E-state index in [1.165, 1.54) is 3.69 Å². The normalized spacial score (nSPS) is 9.10. The minimum Gasteiger partial charge on any atom is -0.296 e. The molecule has 0 radical (unpaired) electrons. The van der Waals surface area contributed by atoms with Crippen LogP contribution >= 0.6 is 36.1 Å². The molecule has 0 bridgehead atoms. The van der Waals surface area contributed by atoms with Crippen LogP contribution in [0, 0.1) is 0 Å². The molecule has 1 rings (SSSR count). The average molecular weight is 250 g/mol. The average Bonchev–Trinajstić information content (AvgIpc) is 1.85. The van der Waals surface area contributed by atoms with Crippen LogP contribution in [0.25, 0.3) is 0 Å². The van der Waals surface area contributed by atoms with E-state index in [1.54, 1.807) is 6.07 Å². The Kier molecular flexibility index (Phi) is 3.81. The molecule has 0 fully saturated rings. The van der Waals surface area contributed by atoms with Crippen LogP contribution in [0.15, 0.2) is 18.2 Å². The summed E-state index contributed by atoms with van der Waals surface area (Å²) in [5, 5.41) is 1.43. The third-order valence-electron chi connectivity index (χ3n) is 1.08. The molecule has 0 amide bonds. The van der Waals surface area contributed by atoms with Crippen LogP contribution in [0.5, 0.6) is 0 Å². The van der Waals surface area contributed by atoms with Gasteiger partial charge in [-0.1, -0.05) is 35.3 Å². The van der Waals surface area contributed by atoms with E-state index in [0.29, 0.717) is 0 Å². The highest BCUT2D eigenvalue weighted by atomic mass is 79.9. The zero-order valence-corrected chi connectivity index (χ0v) is 9.59. The van der Waals surface area contributed by atoms with Crippen molar-refractivity contribution in [1.82, 2.24) is 0 Å². The van der Waals surface area contributed by atoms with Crippen molar-refractivity contribution in [3.8, 4) is 0 Å². The summed E-state index contributed by atoms with van der Waals surface area (Å²) in [4.78, 5) is 0. The molecule has 0 spiro atoms. The number of halogens is 3. The van der Waals surface area contributed by atoms with E-state index in [1.807, 2.05) is 12.1 Å². The van der Waals surface area contributed by atoms with Gasteiger partial charge in [-0.15, -0.1) is 3.69 Å². The van der Waals surface area contributed by atoms with Crippen LogP contribution in [0.1, 0.15) is 0 Å². The summed E-state index contributed by atoms with van der Waals surface area (Å²) in [5.41, 5.74) is 0. The molecule has 0 aliphatic heterocycles. The van der Waals surface area contributed by atoms with Gasteiger partial charge in [-0.05, 0) is 6.07 Å². The number of hydrogen-bond donors (Lipinski definition) is 0. The number of benzene rings is 1. The second kappa shape index (κ2) is 4.17. The van der Waals surface area contributed by atoms with Crippen LogP contribution in [-0.4, -0.2) is 18.2 Å². The van der Waals surface area contributed by atoms with E-state index in [-0.39, 0.29) is 18.2 Å². The first-order chi connectivity index (χ1) is 4.72. The highest BCUT2D eigenvalue weighted by Gasteiger charge is 1.97. The lowest BCUT2D eigenvalue weighted by Crippen LogP contribution is -2.06. The van der Waals surface area contributed by atoms with Crippen molar-refractivity contribution in [3.63, 3.8) is 0 Å². The summed E-state index contributed by atoms with van der Waals surface area (Å²) in [5.74, 6) is 0. The van der Waals surface area contributed by atoms with Crippen LogP contribution in [0.2, 0.25) is 10.0 Å². The number of rotatable bonds is 1. The van der Waals surface area contributed by atoms with Crippen LogP contribution < -0.4 is 3.69 Å². The minimum absolute atomic E-state index is 0.308. The smallest absolute Gasteiger partial charge is 0.296 e. The zero-order chi connectivity index (χ0) is 7.56. The summed E-state index contributed by atoms with van der Waals surface area (Å²) in [6, 6.07) is 5.62. The summed E-state index contributed by atoms with van der Waals surface area (Å²) < 4.78 is 1.23. The molecule has 4 heteroatoms.